The molecule has 1 amide bonds. The van der Waals surface area contributed by atoms with Crippen molar-refractivity contribution < 1.29 is 42.6 Å². The first-order valence-electron chi connectivity index (χ1n) is 5.02. The van der Waals surface area contributed by atoms with E-state index in [1.54, 1.807) is 30.1 Å². The normalized spacial score (nSPS) is 19.3. The number of phenolic OH excluding ortho intramolecular Hbond substituents is 1. The molecule has 0 saturated carbocycles. The molecule has 3 nitrogen and oxygen atoms in total. The number of carbonyl (C=O) groups excluding carboxylic acids is 1. The van der Waals surface area contributed by atoms with Crippen LogP contribution >= 0.6 is 31.9 Å². The Morgan fingerprint density at radius 1 is 1.50 bits per heavy atom. The Bertz CT molecular complexity index is 505. The van der Waals surface area contributed by atoms with Crippen LogP contribution in [0, 0.1) is 6.08 Å². The van der Waals surface area contributed by atoms with E-state index >= 15 is 0 Å². The van der Waals surface area contributed by atoms with Gasteiger partial charge in [0.15, 0.2) is 0 Å². The summed E-state index contributed by atoms with van der Waals surface area (Å²) in [5.74, 6) is 0.197. The van der Waals surface area contributed by atoms with E-state index in [0.717, 1.165) is 15.7 Å². The van der Waals surface area contributed by atoms with Gasteiger partial charge >= 0.3 is 0 Å². The summed E-state index contributed by atoms with van der Waals surface area (Å²) in [4.78, 5) is 13.2. The first kappa shape index (κ1) is 16.3. The maximum Gasteiger partial charge on any atom is 0.236 e. The minimum absolute atomic E-state index is 0. The Morgan fingerprint density at radius 2 is 2.17 bits per heavy atom. The van der Waals surface area contributed by atoms with Crippen molar-refractivity contribution in [3.8, 4) is 5.75 Å². The number of hydrogen-bond donors (Lipinski definition) is 1. The number of rotatable bonds is 1. The van der Waals surface area contributed by atoms with Crippen LogP contribution in [0.15, 0.2) is 22.7 Å². The summed E-state index contributed by atoms with van der Waals surface area (Å²) in [6.45, 7) is 0. The molecule has 93 valence electrons. The first-order chi connectivity index (χ1) is 8.00. The predicted octanol–water partition coefficient (Wildman–Crippen LogP) is 2.92. The van der Waals surface area contributed by atoms with Crippen molar-refractivity contribution in [1.82, 2.24) is 4.90 Å². The molecule has 1 radical (unpaired) electrons. The largest absolute Gasteiger partial charge is 0.508 e. The minimum Gasteiger partial charge on any atom is -0.508 e. The molecule has 6 heteroatoms. The Balaban J connectivity index is 0.00000162. The third-order valence-electron chi connectivity index (χ3n) is 2.59. The van der Waals surface area contributed by atoms with Crippen LogP contribution in [0.1, 0.15) is 12.0 Å². The van der Waals surface area contributed by atoms with Crippen LogP contribution in [0.4, 0.5) is 0 Å². The molecule has 0 fully saturated rings. The summed E-state index contributed by atoms with van der Waals surface area (Å²) in [7, 11) is 1.72. The van der Waals surface area contributed by atoms with Gasteiger partial charge in [0.05, 0.1) is 4.83 Å². The Morgan fingerprint density at radius 3 is 2.78 bits per heavy atom. The third kappa shape index (κ3) is 3.24. The number of alkyl halides is 1. The summed E-state index contributed by atoms with van der Waals surface area (Å²) in [6, 6.07) is 4.95. The van der Waals surface area contributed by atoms with Gasteiger partial charge in [-0.25, -0.2) is 6.08 Å². The molecule has 1 N–H and O–H groups in total. The van der Waals surface area contributed by atoms with Gasteiger partial charge in [-0.1, -0.05) is 42.8 Å². The molecule has 2 rings (SSSR count). The monoisotopic (exact) mass is 447 g/mol. The first-order valence-corrected chi connectivity index (χ1v) is 6.73. The maximum absolute atomic E-state index is 11.8. The van der Waals surface area contributed by atoms with Gasteiger partial charge in [-0.15, -0.1) is 17.3 Å². The number of aromatic hydroxyl groups is 1. The molecule has 18 heavy (non-hydrogen) atoms. The van der Waals surface area contributed by atoms with Crippen molar-refractivity contribution in [1.29, 1.82) is 0 Å². The Labute approximate surface area is 148 Å². The van der Waals surface area contributed by atoms with Crippen LogP contribution in [-0.2, 0) is 37.5 Å². The summed E-state index contributed by atoms with van der Waals surface area (Å²) in [5, 5.41) is 9.35. The van der Waals surface area contributed by atoms with E-state index in [1.807, 2.05) is 0 Å². The SMILES string of the molecule is CN1C(=O)C(Br)C[C-]=C1c1ccc(O)cc1Br.[Y]. The number of hydrogen-bond acceptors (Lipinski definition) is 2. The van der Waals surface area contributed by atoms with Gasteiger partial charge in [0.1, 0.15) is 5.75 Å². The number of nitrogens with zero attached hydrogens (tertiary/aromatic N) is 1. The molecule has 0 aliphatic carbocycles. The van der Waals surface area contributed by atoms with Crippen molar-refractivity contribution in [2.75, 3.05) is 7.05 Å². The standard InChI is InChI=1S/C12H10Br2NO2.Y/c1-15-11(5-4-9(13)12(15)17)8-3-2-7(16)6-10(8)14;/h2-3,6,9,16H,4H2,1H3;/q-1;. The van der Waals surface area contributed by atoms with E-state index < -0.39 is 0 Å². The second-order valence-electron chi connectivity index (χ2n) is 3.76. The maximum atomic E-state index is 11.8. The molecule has 1 heterocycles. The van der Waals surface area contributed by atoms with E-state index in [4.69, 9.17) is 0 Å². The van der Waals surface area contributed by atoms with E-state index in [1.165, 1.54) is 0 Å². The summed E-state index contributed by atoms with van der Waals surface area (Å²) in [6.07, 6.45) is 3.74. The zero-order valence-electron chi connectivity index (χ0n) is 9.65. The Kier molecular flexibility index (Phi) is 6.03. The van der Waals surface area contributed by atoms with Crippen LogP contribution < -0.4 is 0 Å². The number of phenols is 1. The van der Waals surface area contributed by atoms with Gasteiger partial charge in [0.2, 0.25) is 5.91 Å². The van der Waals surface area contributed by atoms with Crippen molar-refractivity contribution in [2.45, 2.75) is 11.2 Å². The van der Waals surface area contributed by atoms with Crippen LogP contribution in [-0.4, -0.2) is 27.8 Å². The second kappa shape index (κ2) is 6.64. The van der Waals surface area contributed by atoms with E-state index in [-0.39, 0.29) is 49.2 Å². The fraction of sp³-hybridized carbons (Fsp3) is 0.250. The van der Waals surface area contributed by atoms with Crippen LogP contribution in [0.2, 0.25) is 0 Å². The van der Waals surface area contributed by atoms with Crippen molar-refractivity contribution in [2.24, 2.45) is 0 Å². The molecule has 1 aliphatic rings. The van der Waals surface area contributed by atoms with Gasteiger partial charge in [0.25, 0.3) is 0 Å². The van der Waals surface area contributed by atoms with Gasteiger partial charge in [0, 0.05) is 39.8 Å². The minimum atomic E-state index is -0.202. The average molecular weight is 449 g/mol. The molecule has 0 aromatic heterocycles. The fourth-order valence-corrected chi connectivity index (χ4v) is 2.71. The van der Waals surface area contributed by atoms with Gasteiger partial charge < -0.3 is 10.0 Å². The topological polar surface area (TPSA) is 40.5 Å². The molecule has 0 saturated heterocycles. The molecular weight excluding hydrogens is 439 g/mol. The summed E-state index contributed by atoms with van der Waals surface area (Å²) in [5.41, 5.74) is 1.58. The number of carbonyl (C=O) groups is 1. The fourth-order valence-electron chi connectivity index (χ4n) is 1.68. The van der Waals surface area contributed by atoms with Crippen LogP contribution in [0.25, 0.3) is 5.70 Å². The van der Waals surface area contributed by atoms with Crippen molar-refractivity contribution in [3.05, 3.63) is 34.3 Å². The number of amides is 1. The summed E-state index contributed by atoms with van der Waals surface area (Å²) >= 11 is 6.68. The zero-order valence-corrected chi connectivity index (χ0v) is 15.7. The zero-order chi connectivity index (χ0) is 12.6. The number of allylic oxidation sites excluding steroid dienone is 1. The van der Waals surface area contributed by atoms with Gasteiger partial charge in [-0.2, -0.15) is 0 Å². The van der Waals surface area contributed by atoms with Crippen molar-refractivity contribution >= 4 is 43.5 Å². The summed E-state index contributed by atoms with van der Waals surface area (Å²) < 4.78 is 0.743. The number of halogens is 2. The Hall–Kier alpha value is 0.294. The molecule has 1 aromatic carbocycles. The molecule has 1 unspecified atom stereocenters. The quantitative estimate of drug-likeness (QED) is 0.530. The predicted molar refractivity (Wildman–Crippen MR) is 72.6 cm³/mol. The van der Waals surface area contributed by atoms with Gasteiger partial charge in [-0.05, 0) is 12.1 Å². The number of benzene rings is 1. The van der Waals surface area contributed by atoms with Crippen molar-refractivity contribution in [3.63, 3.8) is 0 Å². The average Bonchev–Trinajstić information content (AvgIpc) is 2.28. The van der Waals surface area contributed by atoms with E-state index in [0.29, 0.717) is 6.42 Å². The molecule has 1 atom stereocenters. The molecule has 1 aliphatic heterocycles. The molecule has 0 bridgehead atoms. The van der Waals surface area contributed by atoms with Crippen LogP contribution in [0.5, 0.6) is 5.75 Å². The molecule has 1 aromatic rings. The second-order valence-corrected chi connectivity index (χ2v) is 5.72. The van der Waals surface area contributed by atoms with Gasteiger partial charge in [-0.3, -0.25) is 4.79 Å². The van der Waals surface area contributed by atoms with E-state index in [9.17, 15) is 9.90 Å². The van der Waals surface area contributed by atoms with E-state index in [2.05, 4.69) is 37.9 Å². The molecular formula is C12H10Br2NO2Y-. The van der Waals surface area contributed by atoms with Crippen LogP contribution in [0.3, 0.4) is 0 Å². The smallest absolute Gasteiger partial charge is 0.236 e. The third-order valence-corrected chi connectivity index (χ3v) is 3.96. The molecule has 0 spiro atoms.